The Morgan fingerprint density at radius 2 is 1.77 bits per heavy atom. The number of aromatic carboxylic acids is 1. The third-order valence-electron chi connectivity index (χ3n) is 3.04. The summed E-state index contributed by atoms with van der Waals surface area (Å²) in [5.74, 6) is -1.20. The number of aryl methyl sites for hydroxylation is 1. The van der Waals surface area contributed by atoms with Crippen molar-refractivity contribution in [2.24, 2.45) is 0 Å². The molecule has 2 rings (SSSR count). The third-order valence-corrected chi connectivity index (χ3v) is 4.42. The van der Waals surface area contributed by atoms with Crippen LogP contribution in [-0.2, 0) is 10.0 Å². The molecule has 22 heavy (non-hydrogen) atoms. The molecule has 0 saturated heterocycles. The zero-order valence-corrected chi connectivity index (χ0v) is 12.8. The maximum Gasteiger partial charge on any atom is 0.341 e. The minimum absolute atomic E-state index is 0.0487. The number of hydrogen-bond acceptors (Lipinski definition) is 4. The first kappa shape index (κ1) is 15.8. The second kappa shape index (κ2) is 6.07. The lowest BCUT2D eigenvalue weighted by Crippen LogP contribution is -2.16. The van der Waals surface area contributed by atoms with Crippen molar-refractivity contribution in [1.82, 2.24) is 0 Å². The average molecular weight is 321 g/mol. The number of sulfonamides is 1. The molecule has 2 aromatic carbocycles. The third kappa shape index (κ3) is 3.20. The summed E-state index contributed by atoms with van der Waals surface area (Å²) in [6.45, 7) is 1.84. The van der Waals surface area contributed by atoms with E-state index in [1.54, 1.807) is 12.1 Å². The molecule has 6 nitrogen and oxygen atoms in total. The van der Waals surface area contributed by atoms with E-state index >= 15 is 0 Å². The predicted octanol–water partition coefficient (Wildman–Crippen LogP) is 2.50. The summed E-state index contributed by atoms with van der Waals surface area (Å²) < 4.78 is 31.9. The molecule has 0 saturated carbocycles. The predicted molar refractivity (Wildman–Crippen MR) is 81.9 cm³/mol. The van der Waals surface area contributed by atoms with E-state index in [9.17, 15) is 18.3 Å². The molecule has 0 unspecified atom stereocenters. The molecule has 0 aliphatic heterocycles. The summed E-state index contributed by atoms with van der Waals surface area (Å²) in [6, 6.07) is 10.6. The van der Waals surface area contributed by atoms with E-state index in [0.717, 1.165) is 5.56 Å². The maximum absolute atomic E-state index is 12.3. The quantitative estimate of drug-likeness (QED) is 0.882. The van der Waals surface area contributed by atoms with Crippen molar-refractivity contribution in [3.05, 3.63) is 53.6 Å². The van der Waals surface area contributed by atoms with Gasteiger partial charge in [0.15, 0.2) is 0 Å². The van der Waals surface area contributed by atoms with Gasteiger partial charge in [0.2, 0.25) is 0 Å². The van der Waals surface area contributed by atoms with Crippen molar-refractivity contribution < 1.29 is 23.1 Å². The Morgan fingerprint density at radius 3 is 2.32 bits per heavy atom. The smallest absolute Gasteiger partial charge is 0.341 e. The van der Waals surface area contributed by atoms with Crippen molar-refractivity contribution in [3.8, 4) is 5.75 Å². The molecule has 0 fully saturated rings. The summed E-state index contributed by atoms with van der Waals surface area (Å²) in [6.07, 6.45) is 0. The molecule has 0 aliphatic rings. The van der Waals surface area contributed by atoms with Crippen molar-refractivity contribution in [1.29, 1.82) is 0 Å². The lowest BCUT2D eigenvalue weighted by molar-refractivity contribution is 0.0694. The van der Waals surface area contributed by atoms with Crippen LogP contribution >= 0.6 is 0 Å². The van der Waals surface area contributed by atoms with Gasteiger partial charge < -0.3 is 9.84 Å². The van der Waals surface area contributed by atoms with Gasteiger partial charge in [-0.15, -0.1) is 0 Å². The summed E-state index contributed by atoms with van der Waals surface area (Å²) in [7, 11) is -2.56. The molecule has 2 aromatic rings. The van der Waals surface area contributed by atoms with Gasteiger partial charge in [-0.25, -0.2) is 13.2 Å². The number of anilines is 1. The van der Waals surface area contributed by atoms with Gasteiger partial charge in [0.05, 0.1) is 17.7 Å². The molecule has 0 aliphatic carbocycles. The van der Waals surface area contributed by atoms with Gasteiger partial charge in [0.25, 0.3) is 10.0 Å². The molecule has 0 aromatic heterocycles. The molecule has 0 atom stereocenters. The van der Waals surface area contributed by atoms with Gasteiger partial charge in [0.1, 0.15) is 11.3 Å². The Balaban J connectivity index is 2.46. The first-order valence-electron chi connectivity index (χ1n) is 6.35. The molecule has 0 amide bonds. The Labute approximate surface area is 128 Å². The molecular formula is C15H15NO5S. The van der Waals surface area contributed by atoms with E-state index in [-0.39, 0.29) is 21.9 Å². The van der Waals surface area contributed by atoms with Crippen LogP contribution in [0, 0.1) is 6.92 Å². The van der Waals surface area contributed by atoms with E-state index in [2.05, 4.69) is 4.72 Å². The SMILES string of the molecule is COc1cccc(NS(=O)(=O)c2ccc(C)cc2)c1C(=O)O. The summed E-state index contributed by atoms with van der Waals surface area (Å²) in [4.78, 5) is 11.4. The number of methoxy groups -OCH3 is 1. The maximum atomic E-state index is 12.3. The second-order valence-corrected chi connectivity index (χ2v) is 6.29. The van der Waals surface area contributed by atoms with Crippen molar-refractivity contribution in [2.75, 3.05) is 11.8 Å². The van der Waals surface area contributed by atoms with Crippen LogP contribution in [0.2, 0.25) is 0 Å². The average Bonchev–Trinajstić information content (AvgIpc) is 2.46. The fourth-order valence-corrected chi connectivity index (χ4v) is 3.00. The number of carboxylic acids is 1. The van der Waals surface area contributed by atoms with E-state index in [1.807, 2.05) is 6.92 Å². The van der Waals surface area contributed by atoms with Gasteiger partial charge in [0, 0.05) is 0 Å². The van der Waals surface area contributed by atoms with E-state index < -0.39 is 16.0 Å². The van der Waals surface area contributed by atoms with Gasteiger partial charge in [-0.05, 0) is 31.2 Å². The summed E-state index contributed by atoms with van der Waals surface area (Å²) >= 11 is 0. The highest BCUT2D eigenvalue weighted by Gasteiger charge is 2.21. The molecule has 116 valence electrons. The number of ether oxygens (including phenoxy) is 1. The number of hydrogen-bond donors (Lipinski definition) is 2. The van der Waals surface area contributed by atoms with Gasteiger partial charge in [-0.3, -0.25) is 4.72 Å². The highest BCUT2D eigenvalue weighted by Crippen LogP contribution is 2.28. The zero-order chi connectivity index (χ0) is 16.3. The topological polar surface area (TPSA) is 92.7 Å². The summed E-state index contributed by atoms with van der Waals surface area (Å²) in [5.41, 5.74) is 0.639. The molecule has 0 heterocycles. The summed E-state index contributed by atoms with van der Waals surface area (Å²) in [5, 5.41) is 9.27. The molecule has 2 N–H and O–H groups in total. The Kier molecular flexibility index (Phi) is 4.37. The van der Waals surface area contributed by atoms with Crippen molar-refractivity contribution >= 4 is 21.7 Å². The monoisotopic (exact) mass is 321 g/mol. The van der Waals surface area contributed by atoms with Crippen molar-refractivity contribution in [3.63, 3.8) is 0 Å². The molecular weight excluding hydrogens is 306 g/mol. The zero-order valence-electron chi connectivity index (χ0n) is 12.0. The van der Waals surface area contributed by atoms with Crippen LogP contribution < -0.4 is 9.46 Å². The van der Waals surface area contributed by atoms with Crippen LogP contribution in [0.5, 0.6) is 5.75 Å². The van der Waals surface area contributed by atoms with Gasteiger partial charge in [-0.1, -0.05) is 23.8 Å². The Morgan fingerprint density at radius 1 is 1.14 bits per heavy atom. The lowest BCUT2D eigenvalue weighted by Gasteiger charge is -2.13. The first-order chi connectivity index (χ1) is 10.3. The highest BCUT2D eigenvalue weighted by molar-refractivity contribution is 7.92. The molecule has 0 spiro atoms. The highest BCUT2D eigenvalue weighted by atomic mass is 32.2. The number of carboxylic acid groups (broad SMARTS) is 1. The number of benzene rings is 2. The van der Waals surface area contributed by atoms with Crippen LogP contribution in [0.4, 0.5) is 5.69 Å². The van der Waals surface area contributed by atoms with Crippen LogP contribution in [0.15, 0.2) is 47.4 Å². The normalized spacial score (nSPS) is 11.0. The van der Waals surface area contributed by atoms with Crippen molar-refractivity contribution in [2.45, 2.75) is 11.8 Å². The molecule has 7 heteroatoms. The van der Waals surface area contributed by atoms with Crippen LogP contribution in [-0.4, -0.2) is 26.6 Å². The lowest BCUT2D eigenvalue weighted by atomic mass is 10.1. The molecule has 0 radical (unpaired) electrons. The van der Waals surface area contributed by atoms with E-state index in [1.165, 1.54) is 37.4 Å². The number of carbonyl (C=O) groups is 1. The minimum atomic E-state index is -3.88. The second-order valence-electron chi connectivity index (χ2n) is 4.61. The fourth-order valence-electron chi connectivity index (χ4n) is 1.93. The van der Waals surface area contributed by atoms with Gasteiger partial charge >= 0.3 is 5.97 Å². The largest absolute Gasteiger partial charge is 0.496 e. The minimum Gasteiger partial charge on any atom is -0.496 e. The van der Waals surface area contributed by atoms with E-state index in [4.69, 9.17) is 4.74 Å². The molecule has 0 bridgehead atoms. The number of rotatable bonds is 5. The number of nitrogens with one attached hydrogen (secondary N) is 1. The first-order valence-corrected chi connectivity index (χ1v) is 7.83. The van der Waals surface area contributed by atoms with E-state index in [0.29, 0.717) is 0 Å². The Hall–Kier alpha value is -2.54. The van der Waals surface area contributed by atoms with Crippen LogP contribution in [0.25, 0.3) is 0 Å². The van der Waals surface area contributed by atoms with Crippen LogP contribution in [0.1, 0.15) is 15.9 Å². The van der Waals surface area contributed by atoms with Gasteiger partial charge in [-0.2, -0.15) is 0 Å². The standard InChI is InChI=1S/C15H15NO5S/c1-10-6-8-11(9-7-10)22(19,20)16-12-4-3-5-13(21-2)14(12)15(17)18/h3-9,16H,1-2H3,(H,17,18). The fraction of sp³-hybridized carbons (Fsp3) is 0.133. The van der Waals surface area contributed by atoms with Crippen LogP contribution in [0.3, 0.4) is 0 Å². The Bertz CT molecular complexity index is 797.